The molecule has 0 spiro atoms. The topological polar surface area (TPSA) is 112 Å². The second-order valence-electron chi connectivity index (χ2n) is 6.84. The molecule has 3 heterocycles. The zero-order chi connectivity index (χ0) is 21.0. The molecule has 1 aromatic carbocycles. The molecule has 11 heteroatoms. The molecule has 0 bridgehead atoms. The van der Waals surface area contributed by atoms with Crippen molar-refractivity contribution < 1.29 is 17.9 Å². The summed E-state index contributed by atoms with van der Waals surface area (Å²) < 4.78 is 41.0. The molecule has 10 nitrogen and oxygen atoms in total. The molecule has 0 radical (unpaired) electrons. The predicted octanol–water partition coefficient (Wildman–Crippen LogP) is 1.44. The summed E-state index contributed by atoms with van der Waals surface area (Å²) in [4.78, 5) is 4.40. The van der Waals surface area contributed by atoms with Crippen molar-refractivity contribution in [1.29, 1.82) is 0 Å². The number of tetrazole rings is 1. The summed E-state index contributed by atoms with van der Waals surface area (Å²) in [6, 6.07) is 10.1. The fourth-order valence-corrected chi connectivity index (χ4v) is 4.82. The quantitative estimate of drug-likeness (QED) is 0.528. The van der Waals surface area contributed by atoms with E-state index in [4.69, 9.17) is 9.47 Å². The lowest BCUT2D eigenvalue weighted by Gasteiger charge is -2.25. The monoisotopic (exact) mass is 430 g/mol. The van der Waals surface area contributed by atoms with Crippen molar-refractivity contribution in [2.24, 2.45) is 0 Å². The SMILES string of the molecule is COc1cc(S(=O)(=O)N(Cc2ccccn2)C[C@@H]2CCCO2)ccc1-n1cnnn1. The van der Waals surface area contributed by atoms with Gasteiger partial charge in [-0.05, 0) is 47.5 Å². The molecule has 0 aliphatic carbocycles. The average Bonchev–Trinajstić information content (AvgIpc) is 3.48. The van der Waals surface area contributed by atoms with Crippen LogP contribution in [0.1, 0.15) is 18.5 Å². The van der Waals surface area contributed by atoms with Crippen LogP contribution in [-0.4, -0.2) is 64.3 Å². The smallest absolute Gasteiger partial charge is 0.243 e. The highest BCUT2D eigenvalue weighted by molar-refractivity contribution is 7.89. The Balaban J connectivity index is 1.68. The van der Waals surface area contributed by atoms with E-state index < -0.39 is 10.0 Å². The molecule has 1 aliphatic heterocycles. The van der Waals surface area contributed by atoms with Crippen molar-refractivity contribution >= 4 is 10.0 Å². The van der Waals surface area contributed by atoms with Crippen LogP contribution in [0.25, 0.3) is 5.69 Å². The van der Waals surface area contributed by atoms with Crippen LogP contribution in [0.2, 0.25) is 0 Å². The maximum Gasteiger partial charge on any atom is 0.243 e. The molecule has 0 N–H and O–H groups in total. The number of rotatable bonds is 8. The maximum absolute atomic E-state index is 13.5. The van der Waals surface area contributed by atoms with Crippen molar-refractivity contribution in [2.75, 3.05) is 20.3 Å². The molecular weight excluding hydrogens is 408 g/mol. The molecule has 158 valence electrons. The highest BCUT2D eigenvalue weighted by Gasteiger charge is 2.30. The molecule has 0 unspecified atom stereocenters. The van der Waals surface area contributed by atoms with Crippen LogP contribution in [-0.2, 0) is 21.3 Å². The van der Waals surface area contributed by atoms with Crippen LogP contribution in [0.15, 0.2) is 53.8 Å². The van der Waals surface area contributed by atoms with Gasteiger partial charge >= 0.3 is 0 Å². The van der Waals surface area contributed by atoms with E-state index in [0.717, 1.165) is 12.8 Å². The molecule has 1 fully saturated rings. The summed E-state index contributed by atoms with van der Waals surface area (Å²) in [7, 11) is -2.36. The Morgan fingerprint density at radius 2 is 2.20 bits per heavy atom. The first-order valence-electron chi connectivity index (χ1n) is 9.51. The third-order valence-electron chi connectivity index (χ3n) is 4.88. The van der Waals surface area contributed by atoms with Crippen LogP contribution >= 0.6 is 0 Å². The van der Waals surface area contributed by atoms with Gasteiger partial charge in [0.15, 0.2) is 0 Å². The summed E-state index contributed by atoms with van der Waals surface area (Å²) in [5, 5.41) is 11.1. The second kappa shape index (κ2) is 8.86. The fourth-order valence-electron chi connectivity index (χ4n) is 3.36. The Morgan fingerprint density at radius 1 is 1.30 bits per heavy atom. The third kappa shape index (κ3) is 4.32. The van der Waals surface area contributed by atoms with Gasteiger partial charge in [-0.15, -0.1) is 5.10 Å². The average molecular weight is 430 g/mol. The first-order valence-corrected chi connectivity index (χ1v) is 10.9. The Hall–Kier alpha value is -2.89. The van der Waals surface area contributed by atoms with Gasteiger partial charge in [0.25, 0.3) is 0 Å². The van der Waals surface area contributed by atoms with Crippen molar-refractivity contribution in [3.05, 3.63) is 54.6 Å². The summed E-state index contributed by atoms with van der Waals surface area (Å²) in [6.07, 6.45) is 4.69. The van der Waals surface area contributed by atoms with Gasteiger partial charge in [0, 0.05) is 25.4 Å². The van der Waals surface area contributed by atoms with E-state index in [1.807, 2.05) is 6.07 Å². The first-order chi connectivity index (χ1) is 14.6. The molecule has 0 saturated carbocycles. The third-order valence-corrected chi connectivity index (χ3v) is 6.69. The van der Waals surface area contributed by atoms with E-state index in [9.17, 15) is 8.42 Å². The number of hydrogen-bond donors (Lipinski definition) is 0. The van der Waals surface area contributed by atoms with Gasteiger partial charge in [0.2, 0.25) is 10.0 Å². The highest BCUT2D eigenvalue weighted by atomic mass is 32.2. The summed E-state index contributed by atoms with van der Waals surface area (Å²) >= 11 is 0. The molecule has 3 aromatic rings. The standard InChI is InChI=1S/C19H22N6O4S/c1-28-19-11-17(7-8-18(19)25-14-21-22-23-25)30(26,27)24(13-16-6-4-10-29-16)12-15-5-2-3-9-20-15/h2-3,5,7-9,11,14,16H,4,6,10,12-13H2,1H3/t16-/m0/s1. The van der Waals surface area contributed by atoms with Gasteiger partial charge in [0.05, 0.1) is 30.3 Å². The zero-order valence-corrected chi connectivity index (χ0v) is 17.3. The maximum atomic E-state index is 13.5. The van der Waals surface area contributed by atoms with E-state index in [0.29, 0.717) is 23.7 Å². The van der Waals surface area contributed by atoms with E-state index >= 15 is 0 Å². The molecule has 1 atom stereocenters. The van der Waals surface area contributed by atoms with Crippen molar-refractivity contribution in [3.8, 4) is 11.4 Å². The number of benzene rings is 1. The lowest BCUT2D eigenvalue weighted by molar-refractivity contribution is 0.0924. The van der Waals surface area contributed by atoms with Crippen LogP contribution in [0, 0.1) is 0 Å². The normalized spacial score (nSPS) is 16.8. The van der Waals surface area contributed by atoms with Gasteiger partial charge in [-0.1, -0.05) is 6.07 Å². The first kappa shape index (κ1) is 20.4. The Bertz CT molecular complexity index is 1070. The summed E-state index contributed by atoms with van der Waals surface area (Å²) in [5.41, 5.74) is 1.20. The molecule has 1 saturated heterocycles. The van der Waals surface area contributed by atoms with Crippen LogP contribution in [0.3, 0.4) is 0 Å². The lowest BCUT2D eigenvalue weighted by Crippen LogP contribution is -2.37. The van der Waals surface area contributed by atoms with Crippen molar-refractivity contribution in [2.45, 2.75) is 30.4 Å². The molecule has 2 aromatic heterocycles. The van der Waals surface area contributed by atoms with E-state index in [1.54, 1.807) is 24.4 Å². The number of pyridine rings is 1. The number of nitrogens with zero attached hydrogens (tertiary/aromatic N) is 6. The van der Waals surface area contributed by atoms with Gasteiger partial charge in [-0.25, -0.2) is 8.42 Å². The number of sulfonamides is 1. The summed E-state index contributed by atoms with van der Waals surface area (Å²) in [5.74, 6) is 0.346. The van der Waals surface area contributed by atoms with E-state index in [1.165, 1.54) is 34.6 Å². The number of aromatic nitrogens is 5. The Labute approximate surface area is 174 Å². The minimum atomic E-state index is -3.83. The van der Waals surface area contributed by atoms with Crippen LogP contribution in [0.4, 0.5) is 0 Å². The van der Waals surface area contributed by atoms with E-state index in [2.05, 4.69) is 20.5 Å². The number of hydrogen-bond acceptors (Lipinski definition) is 8. The Morgan fingerprint density at radius 3 is 2.87 bits per heavy atom. The predicted molar refractivity (Wildman–Crippen MR) is 107 cm³/mol. The fraction of sp³-hybridized carbons (Fsp3) is 0.368. The lowest BCUT2D eigenvalue weighted by atomic mass is 10.2. The van der Waals surface area contributed by atoms with Crippen LogP contribution < -0.4 is 4.74 Å². The molecular formula is C19H22N6O4S. The Kier molecular flexibility index (Phi) is 6.02. The largest absolute Gasteiger partial charge is 0.494 e. The molecule has 4 rings (SSSR count). The van der Waals surface area contributed by atoms with Gasteiger partial charge in [-0.2, -0.15) is 8.99 Å². The van der Waals surface area contributed by atoms with E-state index in [-0.39, 0.29) is 24.1 Å². The van der Waals surface area contributed by atoms with Crippen LogP contribution in [0.5, 0.6) is 5.75 Å². The van der Waals surface area contributed by atoms with Gasteiger partial charge in [-0.3, -0.25) is 4.98 Å². The summed E-state index contributed by atoms with van der Waals surface area (Å²) in [6.45, 7) is 1.06. The zero-order valence-electron chi connectivity index (χ0n) is 16.5. The highest BCUT2D eigenvalue weighted by Crippen LogP contribution is 2.28. The van der Waals surface area contributed by atoms with Gasteiger partial charge in [0.1, 0.15) is 17.8 Å². The minimum absolute atomic E-state index is 0.116. The minimum Gasteiger partial charge on any atom is -0.494 e. The van der Waals surface area contributed by atoms with Crippen molar-refractivity contribution in [1.82, 2.24) is 29.5 Å². The number of ether oxygens (including phenoxy) is 2. The number of methoxy groups -OCH3 is 1. The molecule has 30 heavy (non-hydrogen) atoms. The molecule has 1 aliphatic rings. The van der Waals surface area contributed by atoms with Gasteiger partial charge < -0.3 is 9.47 Å². The second-order valence-corrected chi connectivity index (χ2v) is 8.78. The van der Waals surface area contributed by atoms with Crippen molar-refractivity contribution in [3.63, 3.8) is 0 Å². The molecule has 0 amide bonds.